The van der Waals surface area contributed by atoms with Crippen molar-refractivity contribution in [2.75, 3.05) is 6.61 Å². The van der Waals surface area contributed by atoms with Gasteiger partial charge in [0, 0.05) is 5.56 Å². The third-order valence-electron chi connectivity index (χ3n) is 7.72. The maximum Gasteiger partial charge on any atom is 0.201 e. The molecule has 0 bridgehead atoms. The Hall–Kier alpha value is -3.15. The summed E-state index contributed by atoms with van der Waals surface area (Å²) in [6, 6.07) is 11.0. The van der Waals surface area contributed by atoms with Crippen LogP contribution in [-0.2, 0) is 0 Å². The van der Waals surface area contributed by atoms with E-state index in [4.69, 9.17) is 4.74 Å². The molecular weight excluding hydrogens is 507 g/mol. The van der Waals surface area contributed by atoms with Gasteiger partial charge in [0.2, 0.25) is 5.82 Å². The van der Waals surface area contributed by atoms with Crippen molar-refractivity contribution in [1.82, 2.24) is 0 Å². The van der Waals surface area contributed by atoms with Crippen molar-refractivity contribution in [1.29, 1.82) is 0 Å². The fourth-order valence-corrected chi connectivity index (χ4v) is 5.35. The van der Waals surface area contributed by atoms with E-state index in [1.54, 1.807) is 30.3 Å². The van der Waals surface area contributed by atoms with E-state index in [1.165, 1.54) is 31.2 Å². The summed E-state index contributed by atoms with van der Waals surface area (Å²) in [6.45, 7) is 3.97. The zero-order chi connectivity index (χ0) is 27.9. The molecule has 1 aliphatic rings. The minimum atomic E-state index is -1.03. The van der Waals surface area contributed by atoms with E-state index in [1.807, 2.05) is 0 Å². The number of rotatable bonds is 10. The number of hydrogen-bond acceptors (Lipinski definition) is 1. The van der Waals surface area contributed by atoms with E-state index in [-0.39, 0.29) is 34.5 Å². The summed E-state index contributed by atoms with van der Waals surface area (Å²) in [4.78, 5) is 0. The quantitative estimate of drug-likeness (QED) is 0.141. The van der Waals surface area contributed by atoms with Crippen LogP contribution in [0.3, 0.4) is 0 Å². The standard InChI is InChI=1S/C33H35F5O/c1-3-4-5-6-19-39-29-18-15-25(31(36)33(29)38)10-8-22-9-17-26(28(34)20-22)23-11-13-24(14-12-23)27-16-7-21(2)30(35)32(27)37/h7-10,15-18,20,23-24H,3-6,11-14,19H2,1-2H3/b10-8+. The molecule has 1 fully saturated rings. The second kappa shape index (κ2) is 13.3. The van der Waals surface area contributed by atoms with E-state index < -0.39 is 23.3 Å². The summed E-state index contributed by atoms with van der Waals surface area (Å²) in [5.74, 6) is -4.19. The van der Waals surface area contributed by atoms with Gasteiger partial charge in [0.1, 0.15) is 5.82 Å². The predicted molar refractivity (Wildman–Crippen MR) is 146 cm³/mol. The minimum Gasteiger partial charge on any atom is -0.490 e. The van der Waals surface area contributed by atoms with Crippen molar-refractivity contribution < 1.29 is 26.7 Å². The molecule has 3 aromatic carbocycles. The minimum absolute atomic E-state index is 0.0151. The summed E-state index contributed by atoms with van der Waals surface area (Å²) < 4.78 is 77.9. The van der Waals surface area contributed by atoms with Gasteiger partial charge >= 0.3 is 0 Å². The monoisotopic (exact) mass is 542 g/mol. The molecule has 0 radical (unpaired) electrons. The van der Waals surface area contributed by atoms with Crippen molar-refractivity contribution in [3.8, 4) is 5.75 Å². The van der Waals surface area contributed by atoms with Gasteiger partial charge in [-0.2, -0.15) is 4.39 Å². The average molecular weight is 543 g/mol. The number of benzene rings is 3. The third kappa shape index (κ3) is 6.90. The molecule has 39 heavy (non-hydrogen) atoms. The lowest BCUT2D eigenvalue weighted by Gasteiger charge is -2.29. The molecule has 0 N–H and O–H groups in total. The summed E-state index contributed by atoms with van der Waals surface area (Å²) in [6.07, 6.45) is 9.51. The molecule has 0 unspecified atom stereocenters. The molecule has 0 aromatic heterocycles. The Kier molecular flexibility index (Phi) is 9.82. The lowest BCUT2D eigenvalue weighted by Crippen LogP contribution is -2.15. The number of aryl methyl sites for hydroxylation is 1. The van der Waals surface area contributed by atoms with Gasteiger partial charge in [0.25, 0.3) is 0 Å². The highest BCUT2D eigenvalue weighted by atomic mass is 19.2. The van der Waals surface area contributed by atoms with Crippen LogP contribution >= 0.6 is 0 Å². The van der Waals surface area contributed by atoms with Gasteiger partial charge < -0.3 is 4.74 Å². The van der Waals surface area contributed by atoms with Crippen LogP contribution in [0, 0.1) is 36.0 Å². The van der Waals surface area contributed by atoms with Crippen molar-refractivity contribution in [3.05, 3.63) is 99.4 Å². The van der Waals surface area contributed by atoms with Crippen LogP contribution in [0.15, 0.2) is 42.5 Å². The maximum absolute atomic E-state index is 15.0. The number of hydrogen-bond donors (Lipinski definition) is 0. The highest BCUT2D eigenvalue weighted by Gasteiger charge is 2.28. The maximum atomic E-state index is 15.0. The zero-order valence-electron chi connectivity index (χ0n) is 22.5. The second-order valence-electron chi connectivity index (χ2n) is 10.5. The van der Waals surface area contributed by atoms with Gasteiger partial charge in [-0.05, 0) is 91.3 Å². The van der Waals surface area contributed by atoms with Crippen LogP contribution < -0.4 is 4.74 Å². The molecule has 1 aliphatic carbocycles. The summed E-state index contributed by atoms with van der Waals surface area (Å²) in [7, 11) is 0. The molecular formula is C33H35F5O. The Morgan fingerprint density at radius 2 is 1.41 bits per heavy atom. The summed E-state index contributed by atoms with van der Waals surface area (Å²) in [5, 5.41) is 0. The molecule has 6 heteroatoms. The molecule has 208 valence electrons. The van der Waals surface area contributed by atoms with Gasteiger partial charge in [0.05, 0.1) is 6.61 Å². The predicted octanol–water partition coefficient (Wildman–Crippen LogP) is 10.3. The molecule has 0 saturated heterocycles. The van der Waals surface area contributed by atoms with Crippen LogP contribution in [0.1, 0.15) is 97.9 Å². The zero-order valence-corrected chi connectivity index (χ0v) is 22.5. The second-order valence-corrected chi connectivity index (χ2v) is 10.5. The smallest absolute Gasteiger partial charge is 0.201 e. The van der Waals surface area contributed by atoms with Gasteiger partial charge in [-0.3, -0.25) is 0 Å². The summed E-state index contributed by atoms with van der Waals surface area (Å²) >= 11 is 0. The highest BCUT2D eigenvalue weighted by Crippen LogP contribution is 2.42. The van der Waals surface area contributed by atoms with Gasteiger partial charge in [0.15, 0.2) is 23.2 Å². The van der Waals surface area contributed by atoms with Crippen LogP contribution in [-0.4, -0.2) is 6.61 Å². The van der Waals surface area contributed by atoms with Gasteiger partial charge in [-0.1, -0.05) is 62.6 Å². The van der Waals surface area contributed by atoms with E-state index >= 15 is 4.39 Å². The van der Waals surface area contributed by atoms with Crippen LogP contribution in [0.4, 0.5) is 22.0 Å². The van der Waals surface area contributed by atoms with Crippen LogP contribution in [0.5, 0.6) is 5.75 Å². The van der Waals surface area contributed by atoms with E-state index in [0.717, 1.165) is 25.7 Å². The Bertz CT molecular complexity index is 1310. The Balaban J connectivity index is 1.37. The topological polar surface area (TPSA) is 9.23 Å². The molecule has 0 aliphatic heterocycles. The largest absolute Gasteiger partial charge is 0.490 e. The molecule has 1 saturated carbocycles. The molecule has 0 atom stereocenters. The molecule has 4 rings (SSSR count). The first kappa shape index (κ1) is 28.8. The molecule has 0 heterocycles. The first-order valence-corrected chi connectivity index (χ1v) is 13.8. The number of ether oxygens (including phenoxy) is 1. The fourth-order valence-electron chi connectivity index (χ4n) is 5.35. The SMILES string of the molecule is CCCCCCOc1ccc(/C=C/c2ccc(C3CCC(c4ccc(C)c(F)c4F)CC3)c(F)c2)c(F)c1F. The lowest BCUT2D eigenvalue weighted by atomic mass is 9.75. The third-order valence-corrected chi connectivity index (χ3v) is 7.72. The fraction of sp³-hybridized carbons (Fsp3) is 0.394. The molecule has 0 amide bonds. The van der Waals surface area contributed by atoms with E-state index in [2.05, 4.69) is 6.92 Å². The van der Waals surface area contributed by atoms with Crippen molar-refractivity contribution in [2.45, 2.75) is 77.0 Å². The lowest BCUT2D eigenvalue weighted by molar-refractivity contribution is 0.285. The summed E-state index contributed by atoms with van der Waals surface area (Å²) in [5.41, 5.74) is 1.84. The number of unbranched alkanes of at least 4 members (excludes halogenated alkanes) is 3. The Morgan fingerprint density at radius 3 is 2.10 bits per heavy atom. The average Bonchev–Trinajstić information content (AvgIpc) is 2.94. The van der Waals surface area contributed by atoms with Gasteiger partial charge in [-0.15, -0.1) is 0 Å². The van der Waals surface area contributed by atoms with Crippen LogP contribution in [0.25, 0.3) is 12.2 Å². The highest BCUT2D eigenvalue weighted by molar-refractivity contribution is 5.70. The number of halogens is 5. The molecule has 1 nitrogen and oxygen atoms in total. The van der Waals surface area contributed by atoms with Crippen molar-refractivity contribution in [3.63, 3.8) is 0 Å². The van der Waals surface area contributed by atoms with Crippen LogP contribution in [0.2, 0.25) is 0 Å². The first-order valence-electron chi connectivity index (χ1n) is 13.8. The Morgan fingerprint density at radius 1 is 0.718 bits per heavy atom. The first-order chi connectivity index (χ1) is 18.8. The normalized spacial score (nSPS) is 17.6. The Labute approximate surface area is 227 Å². The van der Waals surface area contributed by atoms with Gasteiger partial charge in [-0.25, -0.2) is 17.6 Å². The van der Waals surface area contributed by atoms with E-state index in [0.29, 0.717) is 49.0 Å². The van der Waals surface area contributed by atoms with E-state index in [9.17, 15) is 17.6 Å². The molecule has 3 aromatic rings. The van der Waals surface area contributed by atoms with Crippen molar-refractivity contribution in [2.24, 2.45) is 0 Å². The van der Waals surface area contributed by atoms with Crippen molar-refractivity contribution >= 4 is 12.2 Å². The molecule has 0 spiro atoms.